The molecule has 0 radical (unpaired) electrons. The molecule has 0 spiro atoms. The fourth-order valence-electron chi connectivity index (χ4n) is 1.21. The molecular weight excluding hydrogens is 227 g/mol. The molecule has 0 saturated heterocycles. The van der Waals surface area contributed by atoms with Gasteiger partial charge in [0, 0.05) is 0 Å². The Labute approximate surface area is 89.1 Å². The lowest BCUT2D eigenvalue weighted by Gasteiger charge is -2.05. The van der Waals surface area contributed by atoms with E-state index in [2.05, 4.69) is 9.73 Å². The Morgan fingerprint density at radius 3 is 2.62 bits per heavy atom. The standard InChI is InChI=1S/C9H10F3NO3/c1-2-13-3-6-7(8(14)15)5(4-16-6)9(10,11)12/h4,13H,2-3H2,1H3,(H,14,15). The summed E-state index contributed by atoms with van der Waals surface area (Å²) in [5.41, 5.74) is -2.08. The van der Waals surface area contributed by atoms with E-state index in [1.807, 2.05) is 0 Å². The molecule has 90 valence electrons. The van der Waals surface area contributed by atoms with Crippen molar-refractivity contribution < 1.29 is 27.5 Å². The van der Waals surface area contributed by atoms with Gasteiger partial charge in [-0.2, -0.15) is 13.2 Å². The van der Waals surface area contributed by atoms with Gasteiger partial charge in [-0.25, -0.2) is 4.79 Å². The minimum absolute atomic E-state index is 0.0474. The quantitative estimate of drug-likeness (QED) is 0.841. The van der Waals surface area contributed by atoms with Crippen LogP contribution in [0.5, 0.6) is 0 Å². The highest BCUT2D eigenvalue weighted by Crippen LogP contribution is 2.34. The van der Waals surface area contributed by atoms with Crippen LogP contribution in [-0.4, -0.2) is 17.6 Å². The van der Waals surface area contributed by atoms with E-state index in [1.165, 1.54) is 0 Å². The molecule has 0 aliphatic heterocycles. The average Bonchev–Trinajstić information content (AvgIpc) is 2.57. The van der Waals surface area contributed by atoms with Crippen molar-refractivity contribution in [3.8, 4) is 0 Å². The monoisotopic (exact) mass is 237 g/mol. The molecule has 4 nitrogen and oxygen atoms in total. The van der Waals surface area contributed by atoms with Crippen LogP contribution in [0.25, 0.3) is 0 Å². The number of alkyl halides is 3. The Morgan fingerprint density at radius 2 is 2.19 bits per heavy atom. The first-order valence-corrected chi connectivity index (χ1v) is 4.49. The first kappa shape index (κ1) is 12.6. The number of hydrogen-bond donors (Lipinski definition) is 2. The van der Waals surface area contributed by atoms with Crippen molar-refractivity contribution in [2.75, 3.05) is 6.54 Å². The molecule has 0 aromatic carbocycles. The van der Waals surface area contributed by atoms with Gasteiger partial charge in [-0.3, -0.25) is 0 Å². The van der Waals surface area contributed by atoms with E-state index in [-0.39, 0.29) is 12.3 Å². The third-order valence-electron chi connectivity index (χ3n) is 1.92. The number of carboxylic acids is 1. The zero-order valence-electron chi connectivity index (χ0n) is 8.39. The van der Waals surface area contributed by atoms with E-state index in [9.17, 15) is 18.0 Å². The van der Waals surface area contributed by atoms with E-state index in [1.54, 1.807) is 6.92 Å². The smallest absolute Gasteiger partial charge is 0.420 e. The highest BCUT2D eigenvalue weighted by Gasteiger charge is 2.39. The first-order chi connectivity index (χ1) is 7.38. The predicted molar refractivity (Wildman–Crippen MR) is 48.1 cm³/mol. The molecule has 0 bridgehead atoms. The Morgan fingerprint density at radius 1 is 1.56 bits per heavy atom. The van der Waals surface area contributed by atoms with Crippen LogP contribution < -0.4 is 5.32 Å². The third-order valence-corrected chi connectivity index (χ3v) is 1.92. The maximum absolute atomic E-state index is 12.4. The Kier molecular flexibility index (Phi) is 3.58. The zero-order valence-corrected chi connectivity index (χ0v) is 8.39. The summed E-state index contributed by atoms with van der Waals surface area (Å²) < 4.78 is 41.8. The van der Waals surface area contributed by atoms with Gasteiger partial charge in [0.2, 0.25) is 0 Å². The van der Waals surface area contributed by atoms with Crippen molar-refractivity contribution in [2.24, 2.45) is 0 Å². The molecule has 2 N–H and O–H groups in total. The molecule has 16 heavy (non-hydrogen) atoms. The number of carboxylic acid groups (broad SMARTS) is 1. The number of carbonyl (C=O) groups is 1. The summed E-state index contributed by atoms with van der Waals surface area (Å²) in [6, 6.07) is 0. The first-order valence-electron chi connectivity index (χ1n) is 4.49. The molecule has 1 heterocycles. The predicted octanol–water partition coefficient (Wildman–Crippen LogP) is 2.11. The molecule has 0 unspecified atom stereocenters. The van der Waals surface area contributed by atoms with Gasteiger partial charge in [-0.1, -0.05) is 6.92 Å². The molecule has 0 fully saturated rings. The van der Waals surface area contributed by atoms with E-state index in [0.29, 0.717) is 12.8 Å². The number of halogens is 3. The van der Waals surface area contributed by atoms with E-state index in [0.717, 1.165) is 0 Å². The normalized spacial score (nSPS) is 11.8. The van der Waals surface area contributed by atoms with Crippen LogP contribution in [0, 0.1) is 0 Å². The summed E-state index contributed by atoms with van der Waals surface area (Å²) in [7, 11) is 0. The summed E-state index contributed by atoms with van der Waals surface area (Å²) >= 11 is 0. The molecule has 1 rings (SSSR count). The van der Waals surface area contributed by atoms with Crippen LogP contribution in [-0.2, 0) is 12.7 Å². The average molecular weight is 237 g/mol. The molecule has 0 atom stereocenters. The number of rotatable bonds is 4. The largest absolute Gasteiger partial charge is 0.478 e. The molecule has 1 aromatic rings. The van der Waals surface area contributed by atoms with Gasteiger partial charge in [0.1, 0.15) is 23.2 Å². The van der Waals surface area contributed by atoms with Crippen molar-refractivity contribution in [3.05, 3.63) is 23.2 Å². The SMILES string of the molecule is CCNCc1occ(C(F)(F)F)c1C(=O)O. The summed E-state index contributed by atoms with van der Waals surface area (Å²) in [4.78, 5) is 10.7. The lowest BCUT2D eigenvalue weighted by molar-refractivity contribution is -0.138. The van der Waals surface area contributed by atoms with Gasteiger partial charge in [0.25, 0.3) is 0 Å². The molecule has 0 aliphatic rings. The van der Waals surface area contributed by atoms with Crippen molar-refractivity contribution in [3.63, 3.8) is 0 Å². The topological polar surface area (TPSA) is 62.5 Å². The van der Waals surface area contributed by atoms with Crippen molar-refractivity contribution >= 4 is 5.97 Å². The second-order valence-electron chi connectivity index (χ2n) is 3.03. The number of nitrogens with one attached hydrogen (secondary N) is 1. The molecular formula is C9H10F3NO3. The fourth-order valence-corrected chi connectivity index (χ4v) is 1.21. The van der Waals surface area contributed by atoms with Gasteiger partial charge in [-0.15, -0.1) is 0 Å². The summed E-state index contributed by atoms with van der Waals surface area (Å²) in [5, 5.41) is 11.4. The molecule has 0 aliphatic carbocycles. The second kappa shape index (κ2) is 4.56. The van der Waals surface area contributed by atoms with Gasteiger partial charge in [0.05, 0.1) is 6.54 Å². The van der Waals surface area contributed by atoms with Crippen LogP contribution in [0.15, 0.2) is 10.7 Å². The van der Waals surface area contributed by atoms with E-state index in [4.69, 9.17) is 5.11 Å². The second-order valence-corrected chi connectivity index (χ2v) is 3.03. The summed E-state index contributed by atoms with van der Waals surface area (Å²) in [6.07, 6.45) is -4.29. The van der Waals surface area contributed by atoms with Crippen molar-refractivity contribution in [1.82, 2.24) is 5.32 Å². The molecule has 7 heteroatoms. The fraction of sp³-hybridized carbons (Fsp3) is 0.444. The highest BCUT2D eigenvalue weighted by molar-refractivity contribution is 5.90. The van der Waals surface area contributed by atoms with Crippen LogP contribution in [0.3, 0.4) is 0 Å². The van der Waals surface area contributed by atoms with Crippen LogP contribution in [0.4, 0.5) is 13.2 Å². The van der Waals surface area contributed by atoms with Crippen LogP contribution in [0.1, 0.15) is 28.6 Å². The Hall–Kier alpha value is -1.50. The van der Waals surface area contributed by atoms with E-state index < -0.39 is 23.3 Å². The van der Waals surface area contributed by atoms with Gasteiger partial charge in [0.15, 0.2) is 0 Å². The number of furan rings is 1. The minimum Gasteiger partial charge on any atom is -0.478 e. The molecule has 0 saturated carbocycles. The summed E-state index contributed by atoms with van der Waals surface area (Å²) in [6.45, 7) is 2.20. The zero-order chi connectivity index (χ0) is 12.3. The lowest BCUT2D eigenvalue weighted by Crippen LogP contribution is -2.16. The maximum Gasteiger partial charge on any atom is 0.420 e. The Bertz CT molecular complexity index is 384. The van der Waals surface area contributed by atoms with Crippen LogP contribution >= 0.6 is 0 Å². The lowest BCUT2D eigenvalue weighted by atomic mass is 10.1. The van der Waals surface area contributed by atoms with Gasteiger partial charge >= 0.3 is 12.1 Å². The molecule has 1 aromatic heterocycles. The third kappa shape index (κ3) is 2.54. The van der Waals surface area contributed by atoms with Crippen molar-refractivity contribution in [2.45, 2.75) is 19.6 Å². The Balaban J connectivity index is 3.12. The van der Waals surface area contributed by atoms with Gasteiger partial charge in [-0.05, 0) is 6.54 Å². The van der Waals surface area contributed by atoms with E-state index >= 15 is 0 Å². The summed E-state index contributed by atoms with van der Waals surface area (Å²) in [5.74, 6) is -1.87. The minimum atomic E-state index is -4.72. The number of hydrogen-bond acceptors (Lipinski definition) is 3. The molecule has 0 amide bonds. The maximum atomic E-state index is 12.4. The van der Waals surface area contributed by atoms with Gasteiger partial charge < -0.3 is 14.8 Å². The number of aromatic carboxylic acids is 1. The highest BCUT2D eigenvalue weighted by atomic mass is 19.4. The van der Waals surface area contributed by atoms with Crippen LogP contribution in [0.2, 0.25) is 0 Å². The van der Waals surface area contributed by atoms with Crippen molar-refractivity contribution in [1.29, 1.82) is 0 Å².